The molecule has 2 aromatic rings. The van der Waals surface area contributed by atoms with Crippen molar-refractivity contribution in [3.8, 4) is 0 Å². The third-order valence-corrected chi connectivity index (χ3v) is 5.96. The number of hydrogen-bond acceptors (Lipinski definition) is 4. The van der Waals surface area contributed by atoms with Crippen LogP contribution in [0.1, 0.15) is 50.9 Å². The fraction of sp³-hybridized carbons (Fsp3) is 0.500. The van der Waals surface area contributed by atoms with Crippen LogP contribution in [-0.2, 0) is 5.41 Å². The third-order valence-electron chi connectivity index (χ3n) is 5.96. The molecule has 5 nitrogen and oxygen atoms in total. The molecular weight excluding hydrogens is 266 g/mol. The van der Waals surface area contributed by atoms with Crippen molar-refractivity contribution < 1.29 is 4.92 Å². The maximum Gasteiger partial charge on any atom is 0.271 e. The Labute approximate surface area is 122 Å². The van der Waals surface area contributed by atoms with Crippen LogP contribution in [0.25, 0.3) is 11.0 Å². The van der Waals surface area contributed by atoms with Crippen molar-refractivity contribution in [2.75, 3.05) is 0 Å². The smallest absolute Gasteiger partial charge is 0.258 e. The average molecular weight is 283 g/mol. The lowest BCUT2D eigenvalue weighted by Crippen LogP contribution is -2.31. The number of nitro groups is 1. The van der Waals surface area contributed by atoms with Crippen molar-refractivity contribution in [1.29, 1.82) is 0 Å². The Balaban J connectivity index is 1.99. The second-order valence-electron chi connectivity index (χ2n) is 7.03. The molecule has 1 aromatic carbocycles. The predicted octanol–water partition coefficient (Wildman–Crippen LogP) is 3.71. The number of non-ortho nitro benzene ring substituents is 1. The number of fused-ring (bicyclic) bond motifs is 6. The molecule has 2 bridgehead atoms. The predicted molar refractivity (Wildman–Crippen MR) is 79.3 cm³/mol. The summed E-state index contributed by atoms with van der Waals surface area (Å²) in [6.45, 7) is 6.87. The van der Waals surface area contributed by atoms with Gasteiger partial charge >= 0.3 is 0 Å². The zero-order chi connectivity index (χ0) is 15.0. The first-order valence-corrected chi connectivity index (χ1v) is 7.31. The van der Waals surface area contributed by atoms with Gasteiger partial charge in [-0.25, -0.2) is 9.97 Å². The SMILES string of the molecule is CC1(C)[C@H]2CC[C@@]1(C)c1nc3ccc([N+](=O)[O-])cc3nc12. The van der Waals surface area contributed by atoms with E-state index in [0.29, 0.717) is 11.4 Å². The van der Waals surface area contributed by atoms with Gasteiger partial charge in [-0.15, -0.1) is 0 Å². The van der Waals surface area contributed by atoms with Crippen LogP contribution in [0.5, 0.6) is 0 Å². The minimum atomic E-state index is -0.383. The number of hydrogen-bond donors (Lipinski definition) is 0. The fourth-order valence-electron chi connectivity index (χ4n) is 4.22. The number of nitrogens with zero attached hydrogens (tertiary/aromatic N) is 3. The fourth-order valence-corrected chi connectivity index (χ4v) is 4.22. The molecule has 0 saturated heterocycles. The minimum absolute atomic E-state index is 0.0654. The third kappa shape index (κ3) is 1.36. The highest BCUT2D eigenvalue weighted by Crippen LogP contribution is 2.66. The molecule has 0 amide bonds. The topological polar surface area (TPSA) is 68.9 Å². The van der Waals surface area contributed by atoms with Gasteiger partial charge < -0.3 is 0 Å². The zero-order valence-electron chi connectivity index (χ0n) is 12.4. The molecule has 108 valence electrons. The number of benzene rings is 1. The Kier molecular flexibility index (Phi) is 2.17. The van der Waals surface area contributed by atoms with Crippen molar-refractivity contribution >= 4 is 16.7 Å². The van der Waals surface area contributed by atoms with Gasteiger partial charge in [0.15, 0.2) is 0 Å². The van der Waals surface area contributed by atoms with Gasteiger partial charge in [0.1, 0.15) is 0 Å². The zero-order valence-corrected chi connectivity index (χ0v) is 12.4. The van der Waals surface area contributed by atoms with E-state index < -0.39 is 0 Å². The highest BCUT2D eigenvalue weighted by atomic mass is 16.6. The van der Waals surface area contributed by atoms with Crippen LogP contribution in [0, 0.1) is 15.5 Å². The van der Waals surface area contributed by atoms with E-state index in [1.165, 1.54) is 12.1 Å². The van der Waals surface area contributed by atoms with Crippen LogP contribution < -0.4 is 0 Å². The van der Waals surface area contributed by atoms with Crippen LogP contribution in [-0.4, -0.2) is 14.9 Å². The largest absolute Gasteiger partial charge is 0.271 e. The van der Waals surface area contributed by atoms with Crippen molar-refractivity contribution in [3.05, 3.63) is 39.7 Å². The molecule has 1 fully saturated rings. The van der Waals surface area contributed by atoms with E-state index >= 15 is 0 Å². The van der Waals surface area contributed by atoms with Crippen LogP contribution in [0.3, 0.4) is 0 Å². The summed E-state index contributed by atoms with van der Waals surface area (Å²) in [6, 6.07) is 4.75. The first-order valence-electron chi connectivity index (χ1n) is 7.31. The van der Waals surface area contributed by atoms with Gasteiger partial charge in [0.25, 0.3) is 5.69 Å². The Morgan fingerprint density at radius 3 is 2.71 bits per heavy atom. The van der Waals surface area contributed by atoms with Gasteiger partial charge in [0.05, 0.1) is 27.3 Å². The summed E-state index contributed by atoms with van der Waals surface area (Å²) in [5.74, 6) is 0.411. The molecular formula is C16H17N3O2. The van der Waals surface area contributed by atoms with Crippen molar-refractivity contribution in [3.63, 3.8) is 0 Å². The maximum absolute atomic E-state index is 10.9. The molecule has 2 aliphatic rings. The quantitative estimate of drug-likeness (QED) is 0.591. The molecule has 2 atom stereocenters. The summed E-state index contributed by atoms with van der Waals surface area (Å²) >= 11 is 0. The van der Waals surface area contributed by atoms with E-state index in [1.54, 1.807) is 6.07 Å². The molecule has 5 heteroatoms. The molecule has 1 saturated carbocycles. The average Bonchev–Trinajstić information content (AvgIpc) is 2.76. The normalized spacial score (nSPS) is 28.8. The Bertz CT molecular complexity index is 799. The molecule has 0 spiro atoms. The summed E-state index contributed by atoms with van der Waals surface area (Å²) in [5.41, 5.74) is 3.84. The van der Waals surface area contributed by atoms with E-state index in [-0.39, 0.29) is 21.4 Å². The Morgan fingerprint density at radius 2 is 2.00 bits per heavy atom. The van der Waals surface area contributed by atoms with Gasteiger partial charge in [-0.1, -0.05) is 20.8 Å². The number of rotatable bonds is 1. The molecule has 4 rings (SSSR count). The Hall–Kier alpha value is -2.04. The van der Waals surface area contributed by atoms with Crippen molar-refractivity contribution in [2.24, 2.45) is 5.41 Å². The lowest BCUT2D eigenvalue weighted by molar-refractivity contribution is -0.384. The molecule has 1 aromatic heterocycles. The van der Waals surface area contributed by atoms with E-state index in [4.69, 9.17) is 9.97 Å². The highest BCUT2D eigenvalue weighted by Gasteiger charge is 2.61. The van der Waals surface area contributed by atoms with E-state index in [2.05, 4.69) is 20.8 Å². The first-order chi connectivity index (χ1) is 9.84. The standard InChI is InChI=1S/C16H17N3O2/c1-15(2)10-6-7-16(15,3)14-13(10)17-12-8-9(19(20)21)4-5-11(12)18-14/h4-5,8,10H,6-7H2,1-3H3/t10-,16-/m0/s1. The summed E-state index contributed by atoms with van der Waals surface area (Å²) in [7, 11) is 0. The molecule has 1 heterocycles. The molecule has 0 aliphatic heterocycles. The lowest BCUT2D eigenvalue weighted by atomic mass is 9.70. The second kappa shape index (κ2) is 3.59. The van der Waals surface area contributed by atoms with Gasteiger partial charge in [-0.3, -0.25) is 10.1 Å². The van der Waals surface area contributed by atoms with Crippen LogP contribution in [0.4, 0.5) is 5.69 Å². The van der Waals surface area contributed by atoms with Crippen LogP contribution in [0.15, 0.2) is 18.2 Å². The maximum atomic E-state index is 10.9. The first kappa shape index (κ1) is 12.7. The minimum Gasteiger partial charge on any atom is -0.258 e. The van der Waals surface area contributed by atoms with Crippen LogP contribution >= 0.6 is 0 Å². The molecule has 0 unspecified atom stereocenters. The lowest BCUT2D eigenvalue weighted by Gasteiger charge is -2.34. The molecule has 0 radical (unpaired) electrons. The van der Waals surface area contributed by atoms with Gasteiger partial charge in [0.2, 0.25) is 0 Å². The summed E-state index contributed by atoms with van der Waals surface area (Å²) in [5, 5.41) is 10.9. The summed E-state index contributed by atoms with van der Waals surface area (Å²) < 4.78 is 0. The van der Waals surface area contributed by atoms with Crippen LogP contribution in [0.2, 0.25) is 0 Å². The molecule has 0 N–H and O–H groups in total. The van der Waals surface area contributed by atoms with Crippen molar-refractivity contribution in [2.45, 2.75) is 44.9 Å². The summed E-state index contributed by atoms with van der Waals surface area (Å²) in [6.07, 6.45) is 2.27. The van der Waals surface area contributed by atoms with Gasteiger partial charge in [-0.2, -0.15) is 0 Å². The van der Waals surface area contributed by atoms with E-state index in [0.717, 1.165) is 29.7 Å². The molecule has 2 aliphatic carbocycles. The monoisotopic (exact) mass is 283 g/mol. The Morgan fingerprint density at radius 1 is 1.24 bits per heavy atom. The van der Waals surface area contributed by atoms with Gasteiger partial charge in [-0.05, 0) is 24.3 Å². The second-order valence-corrected chi connectivity index (χ2v) is 7.03. The number of aromatic nitrogens is 2. The highest BCUT2D eigenvalue weighted by molar-refractivity contribution is 5.78. The molecule has 21 heavy (non-hydrogen) atoms. The number of nitro benzene ring substituents is 1. The summed E-state index contributed by atoms with van der Waals surface area (Å²) in [4.78, 5) is 20.1. The van der Waals surface area contributed by atoms with E-state index in [1.807, 2.05) is 0 Å². The van der Waals surface area contributed by atoms with E-state index in [9.17, 15) is 10.1 Å². The van der Waals surface area contributed by atoms with Gasteiger partial charge in [0, 0.05) is 23.5 Å². The van der Waals surface area contributed by atoms with Crippen molar-refractivity contribution in [1.82, 2.24) is 9.97 Å².